The topological polar surface area (TPSA) is 79.2 Å². The van der Waals surface area contributed by atoms with E-state index in [0.717, 1.165) is 84.9 Å². The zero-order chi connectivity index (χ0) is 26.9. The van der Waals surface area contributed by atoms with E-state index in [-0.39, 0.29) is 0 Å². The summed E-state index contributed by atoms with van der Waals surface area (Å²) in [6.07, 6.45) is 6.26. The Hall–Kier alpha value is -4.39. The first-order chi connectivity index (χ1) is 19.3. The summed E-state index contributed by atoms with van der Waals surface area (Å²) in [4.78, 5) is 9.36. The average Bonchev–Trinajstić information content (AvgIpc) is 3.38. The lowest BCUT2D eigenvalue weighted by molar-refractivity contribution is 0.822. The van der Waals surface area contributed by atoms with Gasteiger partial charge in [0.1, 0.15) is 11.5 Å². The molecule has 2 aromatic carbocycles. The van der Waals surface area contributed by atoms with Crippen LogP contribution in [0.15, 0.2) is 85.1 Å². The molecule has 3 heterocycles. The van der Waals surface area contributed by atoms with Crippen molar-refractivity contribution >= 4 is 23.0 Å². The van der Waals surface area contributed by atoms with E-state index in [1.807, 2.05) is 22.8 Å². The molecule has 0 fully saturated rings. The van der Waals surface area contributed by atoms with Crippen LogP contribution in [0.4, 0.5) is 17.5 Å². The van der Waals surface area contributed by atoms with Gasteiger partial charge in [-0.3, -0.25) is 0 Å². The van der Waals surface area contributed by atoms with E-state index >= 15 is 0 Å². The molecule has 5 aromatic rings. The molecular weight excluding hydrogens is 482 g/mol. The molecule has 5 rings (SSSR count). The molecule has 0 atom stereocenters. The number of hydrogen-bond donors (Lipinski definition) is 3. The quantitative estimate of drug-likeness (QED) is 0.140. The minimum atomic E-state index is 0.643. The lowest BCUT2D eigenvalue weighted by Crippen LogP contribution is -2.06. The number of hydrogen-bond acceptors (Lipinski definition) is 6. The van der Waals surface area contributed by atoms with Gasteiger partial charge in [-0.2, -0.15) is 5.10 Å². The fourth-order valence-electron chi connectivity index (χ4n) is 4.56. The fraction of sp³-hybridized carbons (Fsp3) is 0.281. The van der Waals surface area contributed by atoms with Crippen molar-refractivity contribution in [2.75, 3.05) is 29.0 Å². The lowest BCUT2D eigenvalue weighted by Gasteiger charge is -2.09. The van der Waals surface area contributed by atoms with E-state index in [1.54, 1.807) is 0 Å². The first-order valence-corrected chi connectivity index (χ1v) is 14.0. The Morgan fingerprint density at radius 1 is 0.744 bits per heavy atom. The van der Waals surface area contributed by atoms with Gasteiger partial charge in [0.15, 0.2) is 0 Å². The van der Waals surface area contributed by atoms with Crippen molar-refractivity contribution in [2.24, 2.45) is 0 Å². The van der Waals surface area contributed by atoms with Crippen LogP contribution < -0.4 is 16.0 Å². The number of unbranched alkanes of at least 4 members (excludes halogenated alkanes) is 2. The summed E-state index contributed by atoms with van der Waals surface area (Å²) >= 11 is 0. The molecule has 0 spiro atoms. The second-order valence-corrected chi connectivity index (χ2v) is 9.67. The zero-order valence-corrected chi connectivity index (χ0v) is 22.8. The first-order valence-electron chi connectivity index (χ1n) is 14.0. The summed E-state index contributed by atoms with van der Waals surface area (Å²) in [6, 6.07) is 27.2. The molecule has 3 aromatic heterocycles. The predicted octanol–water partition coefficient (Wildman–Crippen LogP) is 7.49. The van der Waals surface area contributed by atoms with Crippen LogP contribution in [0, 0.1) is 0 Å². The Kier molecular flexibility index (Phi) is 8.68. The van der Waals surface area contributed by atoms with Gasteiger partial charge in [-0.05, 0) is 48.7 Å². The van der Waals surface area contributed by atoms with Gasteiger partial charge in [0.25, 0.3) is 0 Å². The Labute approximate surface area is 230 Å². The van der Waals surface area contributed by atoms with E-state index in [1.165, 1.54) is 5.56 Å². The summed E-state index contributed by atoms with van der Waals surface area (Å²) in [7, 11) is 0. The van der Waals surface area contributed by atoms with Crippen LogP contribution in [0.5, 0.6) is 0 Å². The van der Waals surface area contributed by atoms with Crippen molar-refractivity contribution in [3.63, 3.8) is 0 Å². The van der Waals surface area contributed by atoms with Crippen LogP contribution in [0.25, 0.3) is 28.0 Å². The van der Waals surface area contributed by atoms with Crippen molar-refractivity contribution in [3.05, 3.63) is 90.6 Å². The Bertz CT molecular complexity index is 1480. The van der Waals surface area contributed by atoms with Crippen molar-refractivity contribution in [3.8, 4) is 22.5 Å². The van der Waals surface area contributed by atoms with Crippen LogP contribution in [0.1, 0.15) is 45.1 Å². The summed E-state index contributed by atoms with van der Waals surface area (Å²) in [5.74, 6) is 1.62. The maximum absolute atomic E-state index is 5.12. The smallest absolute Gasteiger partial charge is 0.223 e. The van der Waals surface area contributed by atoms with Crippen molar-refractivity contribution < 1.29 is 0 Å². The van der Waals surface area contributed by atoms with E-state index in [0.29, 0.717) is 5.95 Å². The number of anilines is 3. The Morgan fingerprint density at radius 2 is 1.51 bits per heavy atom. The number of nitrogens with one attached hydrogen (secondary N) is 3. The normalized spacial score (nSPS) is 11.0. The maximum atomic E-state index is 5.12. The third-order valence-electron chi connectivity index (χ3n) is 6.72. The molecule has 0 amide bonds. The molecule has 39 heavy (non-hydrogen) atoms. The first kappa shape index (κ1) is 26.2. The molecule has 3 N–H and O–H groups in total. The highest BCUT2D eigenvalue weighted by Gasteiger charge is 2.19. The van der Waals surface area contributed by atoms with Gasteiger partial charge in [-0.1, -0.05) is 75.2 Å². The van der Waals surface area contributed by atoms with Crippen LogP contribution in [0.3, 0.4) is 0 Å². The third kappa shape index (κ3) is 6.37. The standard InChI is InChI=1S/C32H37N7/c1-3-5-20-33-29-14-10-13-28-30(27-19-22-35-32(37-27)34-21-6-4-2)31(38-39(28)29)25-15-17-26(18-16-25)36-23-24-11-8-7-9-12-24/h7-19,22,33,36H,3-6,20-21,23H2,1-2H3,(H,34,35,37). The van der Waals surface area contributed by atoms with E-state index in [2.05, 4.69) is 102 Å². The zero-order valence-electron chi connectivity index (χ0n) is 22.8. The number of rotatable bonds is 13. The molecule has 0 unspecified atom stereocenters. The maximum Gasteiger partial charge on any atom is 0.223 e. The minimum Gasteiger partial charge on any atom is -0.381 e. The van der Waals surface area contributed by atoms with Crippen molar-refractivity contribution in [1.82, 2.24) is 19.6 Å². The van der Waals surface area contributed by atoms with E-state index in [4.69, 9.17) is 10.1 Å². The highest BCUT2D eigenvalue weighted by Crippen LogP contribution is 2.36. The second-order valence-electron chi connectivity index (χ2n) is 9.67. The fourth-order valence-corrected chi connectivity index (χ4v) is 4.56. The van der Waals surface area contributed by atoms with Crippen LogP contribution >= 0.6 is 0 Å². The molecule has 7 nitrogen and oxygen atoms in total. The van der Waals surface area contributed by atoms with Gasteiger partial charge < -0.3 is 16.0 Å². The molecule has 0 bridgehead atoms. The van der Waals surface area contributed by atoms with E-state index < -0.39 is 0 Å². The minimum absolute atomic E-state index is 0.643. The van der Waals surface area contributed by atoms with Gasteiger partial charge in [0.2, 0.25) is 5.95 Å². The lowest BCUT2D eigenvalue weighted by atomic mass is 10.0. The molecule has 0 radical (unpaired) electrons. The van der Waals surface area contributed by atoms with Crippen LogP contribution in [-0.2, 0) is 6.54 Å². The van der Waals surface area contributed by atoms with Gasteiger partial charge in [0.05, 0.1) is 16.8 Å². The number of aromatic nitrogens is 4. The van der Waals surface area contributed by atoms with E-state index in [9.17, 15) is 0 Å². The van der Waals surface area contributed by atoms with Gasteiger partial charge in [-0.25, -0.2) is 14.5 Å². The number of benzene rings is 2. The largest absolute Gasteiger partial charge is 0.381 e. The van der Waals surface area contributed by atoms with Gasteiger partial charge in [0, 0.05) is 37.1 Å². The SMILES string of the molecule is CCCCNc1nccc(-c2c(-c3ccc(NCc4ccccc4)cc3)nn3c(NCCCC)cccc23)n1. The van der Waals surface area contributed by atoms with Crippen LogP contribution in [-0.4, -0.2) is 32.7 Å². The molecule has 0 aliphatic rings. The summed E-state index contributed by atoms with van der Waals surface area (Å²) in [5, 5.41) is 15.6. The highest BCUT2D eigenvalue weighted by molar-refractivity contribution is 5.92. The average molecular weight is 520 g/mol. The molecule has 0 saturated heterocycles. The highest BCUT2D eigenvalue weighted by atomic mass is 15.3. The Morgan fingerprint density at radius 3 is 2.28 bits per heavy atom. The molecule has 200 valence electrons. The molecular formula is C32H37N7. The summed E-state index contributed by atoms with van der Waals surface area (Å²) in [5.41, 5.74) is 7.12. The molecule has 0 saturated carbocycles. The monoisotopic (exact) mass is 519 g/mol. The number of nitrogens with zero attached hydrogens (tertiary/aromatic N) is 4. The number of fused-ring (bicyclic) bond motifs is 1. The van der Waals surface area contributed by atoms with Crippen molar-refractivity contribution in [1.29, 1.82) is 0 Å². The summed E-state index contributed by atoms with van der Waals surface area (Å²) in [6.45, 7) is 6.91. The molecule has 0 aliphatic heterocycles. The Balaban J connectivity index is 1.51. The molecule has 7 heteroatoms. The van der Waals surface area contributed by atoms with Gasteiger partial charge >= 0.3 is 0 Å². The third-order valence-corrected chi connectivity index (χ3v) is 6.72. The predicted molar refractivity (Wildman–Crippen MR) is 162 cm³/mol. The van der Waals surface area contributed by atoms with Crippen molar-refractivity contribution in [2.45, 2.75) is 46.1 Å². The summed E-state index contributed by atoms with van der Waals surface area (Å²) < 4.78 is 2.01. The van der Waals surface area contributed by atoms with Crippen LogP contribution in [0.2, 0.25) is 0 Å². The second kappa shape index (κ2) is 12.9. The molecule has 0 aliphatic carbocycles. The van der Waals surface area contributed by atoms with Gasteiger partial charge in [-0.15, -0.1) is 0 Å². The number of pyridine rings is 1.